The SMILES string of the molecule is CCCCC[C@H](O)C=C[C@H]1[C@H](O)CC(=O)[C@@H]1CCCCCCC(=O)N(C)C(O)Cc1ccc(O)c(O)c1. The van der Waals surface area contributed by atoms with E-state index in [1.54, 1.807) is 19.2 Å². The van der Waals surface area contributed by atoms with Gasteiger partial charge in [-0.3, -0.25) is 9.59 Å². The van der Waals surface area contributed by atoms with Gasteiger partial charge in [0.1, 0.15) is 12.0 Å². The lowest BCUT2D eigenvalue weighted by atomic mass is 9.88. The number of carbonyl (C=O) groups excluding carboxylic acids is 2. The summed E-state index contributed by atoms with van der Waals surface area (Å²) in [6, 6.07) is 4.29. The van der Waals surface area contributed by atoms with Gasteiger partial charge in [-0.25, -0.2) is 0 Å². The Kier molecular flexibility index (Phi) is 13.1. The molecule has 8 nitrogen and oxygen atoms in total. The molecule has 1 saturated carbocycles. The van der Waals surface area contributed by atoms with E-state index in [0.29, 0.717) is 31.2 Å². The zero-order chi connectivity index (χ0) is 27.4. The summed E-state index contributed by atoms with van der Waals surface area (Å²) in [4.78, 5) is 26.1. The molecule has 0 aliphatic heterocycles. The number of nitrogens with zero attached hydrogens (tertiary/aromatic N) is 1. The summed E-state index contributed by atoms with van der Waals surface area (Å²) < 4.78 is 0. The first-order valence-electron chi connectivity index (χ1n) is 13.7. The van der Waals surface area contributed by atoms with Crippen LogP contribution in [-0.2, 0) is 16.0 Å². The molecular formula is C29H45NO7. The largest absolute Gasteiger partial charge is 0.504 e. The molecule has 208 valence electrons. The number of hydrogen-bond donors (Lipinski definition) is 5. The number of amides is 1. The van der Waals surface area contributed by atoms with Crippen LogP contribution in [0.15, 0.2) is 30.4 Å². The second-order valence-electron chi connectivity index (χ2n) is 10.3. The number of Topliss-reactive ketones (excluding diaryl/α,β-unsaturated/α-hetero) is 1. The Hall–Kier alpha value is -2.42. The Morgan fingerprint density at radius 2 is 1.81 bits per heavy atom. The van der Waals surface area contributed by atoms with Crippen molar-refractivity contribution in [1.29, 1.82) is 0 Å². The lowest BCUT2D eigenvalue weighted by Gasteiger charge is -2.24. The molecule has 5 atom stereocenters. The van der Waals surface area contributed by atoms with E-state index in [0.717, 1.165) is 38.5 Å². The Labute approximate surface area is 220 Å². The second kappa shape index (κ2) is 15.7. The molecule has 0 spiro atoms. The minimum atomic E-state index is -1.04. The number of aliphatic hydroxyl groups is 3. The molecule has 8 heteroatoms. The smallest absolute Gasteiger partial charge is 0.224 e. The first-order valence-corrected chi connectivity index (χ1v) is 13.7. The maximum absolute atomic E-state index is 12.4. The van der Waals surface area contributed by atoms with Gasteiger partial charge in [-0.1, -0.05) is 63.7 Å². The molecule has 0 aromatic heterocycles. The fraction of sp³-hybridized carbons (Fsp3) is 0.655. The van der Waals surface area contributed by atoms with E-state index >= 15 is 0 Å². The van der Waals surface area contributed by atoms with Crippen LogP contribution in [0.1, 0.15) is 83.1 Å². The number of benzene rings is 1. The maximum atomic E-state index is 12.4. The van der Waals surface area contributed by atoms with Crippen molar-refractivity contribution in [2.75, 3.05) is 7.05 Å². The Bertz CT molecular complexity index is 887. The second-order valence-corrected chi connectivity index (χ2v) is 10.3. The van der Waals surface area contributed by atoms with Gasteiger partial charge in [-0.05, 0) is 37.0 Å². The summed E-state index contributed by atoms with van der Waals surface area (Å²) in [5.74, 6) is -1.07. The van der Waals surface area contributed by atoms with Crippen LogP contribution >= 0.6 is 0 Å². The Balaban J connectivity index is 1.69. The normalized spacial score (nSPS) is 21.4. The zero-order valence-electron chi connectivity index (χ0n) is 22.3. The van der Waals surface area contributed by atoms with Crippen LogP contribution in [0.2, 0.25) is 0 Å². The lowest BCUT2D eigenvalue weighted by Crippen LogP contribution is -2.38. The number of likely N-dealkylation sites (N-methyl/N-ethyl adjacent to an activating group) is 1. The van der Waals surface area contributed by atoms with Crippen molar-refractivity contribution in [3.63, 3.8) is 0 Å². The third-order valence-electron chi connectivity index (χ3n) is 7.35. The van der Waals surface area contributed by atoms with Gasteiger partial charge in [0.05, 0.1) is 12.2 Å². The van der Waals surface area contributed by atoms with Crippen molar-refractivity contribution in [1.82, 2.24) is 4.90 Å². The van der Waals surface area contributed by atoms with E-state index in [4.69, 9.17) is 0 Å². The van der Waals surface area contributed by atoms with Crippen molar-refractivity contribution in [3.05, 3.63) is 35.9 Å². The first-order chi connectivity index (χ1) is 17.6. The number of carbonyl (C=O) groups is 2. The molecule has 37 heavy (non-hydrogen) atoms. The monoisotopic (exact) mass is 519 g/mol. The number of aromatic hydroxyl groups is 2. The number of aliphatic hydroxyl groups excluding tert-OH is 3. The van der Waals surface area contributed by atoms with Gasteiger partial charge in [-0.2, -0.15) is 0 Å². The first kappa shape index (κ1) is 30.8. The number of hydrogen-bond acceptors (Lipinski definition) is 7. The molecule has 0 radical (unpaired) electrons. The molecule has 5 N–H and O–H groups in total. The highest BCUT2D eigenvalue weighted by Gasteiger charge is 2.39. The topological polar surface area (TPSA) is 139 Å². The van der Waals surface area contributed by atoms with E-state index in [1.165, 1.54) is 17.0 Å². The summed E-state index contributed by atoms with van der Waals surface area (Å²) in [6.45, 7) is 2.11. The molecule has 0 heterocycles. The lowest BCUT2D eigenvalue weighted by molar-refractivity contribution is -0.138. The maximum Gasteiger partial charge on any atom is 0.224 e. The van der Waals surface area contributed by atoms with Crippen molar-refractivity contribution < 1.29 is 35.1 Å². The molecule has 1 aromatic carbocycles. The van der Waals surface area contributed by atoms with E-state index in [9.17, 15) is 35.1 Å². The van der Waals surface area contributed by atoms with Crippen molar-refractivity contribution in [2.45, 2.75) is 102 Å². The summed E-state index contributed by atoms with van der Waals surface area (Å²) in [5, 5.41) is 49.8. The highest BCUT2D eigenvalue weighted by molar-refractivity contribution is 5.84. The molecule has 1 amide bonds. The van der Waals surface area contributed by atoms with Crippen LogP contribution < -0.4 is 0 Å². The average Bonchev–Trinajstić information content (AvgIpc) is 3.13. The molecule has 1 aromatic rings. The highest BCUT2D eigenvalue weighted by Crippen LogP contribution is 2.34. The molecular weight excluding hydrogens is 474 g/mol. The van der Waals surface area contributed by atoms with E-state index < -0.39 is 18.4 Å². The summed E-state index contributed by atoms with van der Waals surface area (Å²) in [7, 11) is 1.54. The van der Waals surface area contributed by atoms with Crippen molar-refractivity contribution >= 4 is 11.7 Å². The predicted octanol–water partition coefficient (Wildman–Crippen LogP) is 3.82. The fourth-order valence-electron chi connectivity index (χ4n) is 4.93. The molecule has 0 bridgehead atoms. The van der Waals surface area contributed by atoms with Crippen LogP contribution in [0, 0.1) is 11.8 Å². The molecule has 1 fully saturated rings. The highest BCUT2D eigenvalue weighted by atomic mass is 16.3. The Morgan fingerprint density at radius 1 is 1.08 bits per heavy atom. The third kappa shape index (κ3) is 10.1. The molecule has 1 aliphatic carbocycles. The third-order valence-corrected chi connectivity index (χ3v) is 7.35. The molecule has 1 unspecified atom stereocenters. The fourth-order valence-corrected chi connectivity index (χ4v) is 4.93. The van der Waals surface area contributed by atoms with E-state index in [1.807, 2.05) is 6.08 Å². The van der Waals surface area contributed by atoms with Gasteiger partial charge >= 0.3 is 0 Å². The number of ketones is 1. The Morgan fingerprint density at radius 3 is 2.51 bits per heavy atom. The van der Waals surface area contributed by atoms with Gasteiger partial charge < -0.3 is 30.4 Å². The number of phenolic OH excluding ortho intramolecular Hbond substituents is 2. The minimum Gasteiger partial charge on any atom is -0.504 e. The van der Waals surface area contributed by atoms with Gasteiger partial charge in [0.25, 0.3) is 0 Å². The van der Waals surface area contributed by atoms with E-state index in [-0.39, 0.29) is 47.9 Å². The van der Waals surface area contributed by atoms with Gasteiger partial charge in [0.15, 0.2) is 11.5 Å². The minimum absolute atomic E-state index is 0.0790. The molecule has 0 saturated heterocycles. The van der Waals surface area contributed by atoms with Crippen LogP contribution in [0.4, 0.5) is 0 Å². The molecule has 2 rings (SSSR count). The van der Waals surface area contributed by atoms with Gasteiger partial charge in [-0.15, -0.1) is 0 Å². The quantitative estimate of drug-likeness (QED) is 0.0968. The van der Waals surface area contributed by atoms with Crippen LogP contribution in [0.5, 0.6) is 11.5 Å². The summed E-state index contributed by atoms with van der Waals surface area (Å²) in [6.07, 6.45) is 9.57. The number of unbranched alkanes of at least 4 members (excludes halogenated alkanes) is 5. The van der Waals surface area contributed by atoms with Gasteiger partial charge in [0, 0.05) is 38.1 Å². The zero-order valence-corrected chi connectivity index (χ0v) is 22.3. The van der Waals surface area contributed by atoms with Crippen LogP contribution in [0.25, 0.3) is 0 Å². The average molecular weight is 520 g/mol. The number of rotatable bonds is 16. The van der Waals surface area contributed by atoms with E-state index in [2.05, 4.69) is 6.92 Å². The predicted molar refractivity (Wildman–Crippen MR) is 142 cm³/mol. The standard InChI is InChI=1S/C29H45NO7/c1-3-4-7-10-21(31)14-15-23-22(25(33)19-26(23)34)11-8-5-6-9-12-28(36)30(2)29(37)18-20-13-16-24(32)27(35)17-20/h13-17,21-23,26,29,31-32,34-35,37H,3-12,18-19H2,1-2H3/t21-,22+,23+,26+,29?/m0/s1. The van der Waals surface area contributed by atoms with Crippen LogP contribution in [0.3, 0.4) is 0 Å². The number of phenols is 2. The van der Waals surface area contributed by atoms with Crippen molar-refractivity contribution in [3.8, 4) is 11.5 Å². The summed E-state index contributed by atoms with van der Waals surface area (Å²) >= 11 is 0. The summed E-state index contributed by atoms with van der Waals surface area (Å²) in [5.41, 5.74) is 0.605. The van der Waals surface area contributed by atoms with Crippen LogP contribution in [-0.4, -0.2) is 67.6 Å². The van der Waals surface area contributed by atoms with Gasteiger partial charge in [0.2, 0.25) is 5.91 Å². The molecule has 1 aliphatic rings. The van der Waals surface area contributed by atoms with Crippen molar-refractivity contribution in [2.24, 2.45) is 11.8 Å².